The summed E-state index contributed by atoms with van der Waals surface area (Å²) in [4.78, 5) is 15.9. The smallest absolute Gasteiger partial charge is 0.238 e. The summed E-state index contributed by atoms with van der Waals surface area (Å²) in [7, 11) is 0. The topological polar surface area (TPSA) is 43.6 Å². The largest absolute Gasteiger partial charge is 0.277 e. The van der Waals surface area contributed by atoms with Crippen molar-refractivity contribution < 1.29 is 0 Å². The van der Waals surface area contributed by atoms with Gasteiger partial charge in [0.2, 0.25) is 5.95 Å². The molecule has 2 heterocycles. The van der Waals surface area contributed by atoms with Crippen LogP contribution < -0.4 is 0 Å². The van der Waals surface area contributed by atoms with Crippen molar-refractivity contribution in [3.63, 3.8) is 0 Å². The van der Waals surface area contributed by atoms with E-state index in [1.165, 1.54) is 72.0 Å². The van der Waals surface area contributed by atoms with Gasteiger partial charge in [0, 0.05) is 33.2 Å². The van der Waals surface area contributed by atoms with Crippen molar-refractivity contribution in [3.8, 4) is 62.1 Å². The van der Waals surface area contributed by atoms with E-state index in [1.54, 1.807) is 0 Å². The number of allylic oxidation sites excluding steroid dienone is 4. The summed E-state index contributed by atoms with van der Waals surface area (Å²) in [6.07, 6.45) is 7.68. The highest BCUT2D eigenvalue weighted by Gasteiger charge is 2.38. The number of benzene rings is 8. The predicted octanol–water partition coefficient (Wildman–Crippen LogP) is 15.1. The Labute approximate surface area is 373 Å². The SMILES string of the molecule is CC1(C)c2ccccc2-c2ccc3c4ccccc4n(-c4nc(-c5ccccc5)nc(-c5cccc(C6=CC=CC(c7ccc(-c8cccc(-c9ccccc9)c8)cc7)C6)c5)n4)c3c21. The molecule has 304 valence electrons. The van der Waals surface area contributed by atoms with E-state index in [0.29, 0.717) is 17.6 Å². The van der Waals surface area contributed by atoms with Crippen molar-refractivity contribution in [2.75, 3.05) is 0 Å². The lowest BCUT2D eigenvalue weighted by Gasteiger charge is -2.23. The number of nitrogens with zero attached hydrogens (tertiary/aromatic N) is 4. The first-order valence-corrected chi connectivity index (χ1v) is 22.2. The minimum Gasteiger partial charge on any atom is -0.277 e. The average Bonchev–Trinajstić information content (AvgIpc) is 3.82. The normalized spacial score (nSPS) is 15.0. The molecule has 4 nitrogen and oxygen atoms in total. The Morgan fingerprint density at radius 1 is 0.484 bits per heavy atom. The number of fused-ring (bicyclic) bond motifs is 7. The Hall–Kier alpha value is -7.95. The number of rotatable bonds is 7. The average molecular weight is 821 g/mol. The molecule has 4 heteroatoms. The van der Waals surface area contributed by atoms with E-state index in [2.05, 4.69) is 213 Å². The molecule has 0 aliphatic heterocycles. The quantitative estimate of drug-likeness (QED) is 0.161. The maximum absolute atomic E-state index is 5.41. The minimum atomic E-state index is -0.236. The van der Waals surface area contributed by atoms with Crippen LogP contribution in [0.1, 0.15) is 48.4 Å². The first kappa shape index (κ1) is 37.8. The number of hydrogen-bond donors (Lipinski definition) is 0. The molecule has 0 N–H and O–H groups in total. The molecular weight excluding hydrogens is 777 g/mol. The zero-order valence-corrected chi connectivity index (χ0v) is 35.8. The molecule has 2 aliphatic carbocycles. The summed E-state index contributed by atoms with van der Waals surface area (Å²) in [5.41, 5.74) is 17.7. The molecule has 2 aliphatic rings. The fourth-order valence-electron chi connectivity index (χ4n) is 10.2. The van der Waals surface area contributed by atoms with Gasteiger partial charge in [0.15, 0.2) is 11.6 Å². The summed E-state index contributed by atoms with van der Waals surface area (Å²) >= 11 is 0. The lowest BCUT2D eigenvalue weighted by molar-refractivity contribution is 0.663. The Bertz CT molecular complexity index is 3480. The second-order valence-electron chi connectivity index (χ2n) is 17.6. The van der Waals surface area contributed by atoms with Crippen LogP contribution >= 0.6 is 0 Å². The zero-order valence-electron chi connectivity index (χ0n) is 35.8. The molecule has 12 rings (SSSR count). The Kier molecular flexibility index (Phi) is 8.94. The second-order valence-corrected chi connectivity index (χ2v) is 17.6. The van der Waals surface area contributed by atoms with Crippen LogP contribution in [0, 0.1) is 0 Å². The number of aromatic nitrogens is 4. The maximum atomic E-state index is 5.41. The first-order valence-electron chi connectivity index (χ1n) is 22.2. The highest BCUT2D eigenvalue weighted by Crippen LogP contribution is 2.53. The molecule has 1 unspecified atom stereocenters. The van der Waals surface area contributed by atoms with Gasteiger partial charge < -0.3 is 0 Å². The van der Waals surface area contributed by atoms with E-state index in [1.807, 2.05) is 18.2 Å². The van der Waals surface area contributed by atoms with Crippen LogP contribution in [-0.2, 0) is 5.41 Å². The molecule has 0 radical (unpaired) electrons. The predicted molar refractivity (Wildman–Crippen MR) is 264 cm³/mol. The van der Waals surface area contributed by atoms with E-state index >= 15 is 0 Å². The van der Waals surface area contributed by atoms with Crippen LogP contribution in [0.5, 0.6) is 0 Å². The van der Waals surface area contributed by atoms with Gasteiger partial charge in [-0.1, -0.05) is 208 Å². The second kappa shape index (κ2) is 15.1. The molecule has 8 aromatic carbocycles. The van der Waals surface area contributed by atoms with Crippen LogP contribution in [0.4, 0.5) is 0 Å². The molecule has 0 saturated carbocycles. The van der Waals surface area contributed by atoms with Crippen molar-refractivity contribution in [1.29, 1.82) is 0 Å². The Morgan fingerprint density at radius 2 is 1.09 bits per heavy atom. The van der Waals surface area contributed by atoms with Gasteiger partial charge in [0.05, 0.1) is 11.0 Å². The molecule has 1 atom stereocenters. The molecule has 0 amide bonds. The third-order valence-corrected chi connectivity index (χ3v) is 13.4. The zero-order chi connectivity index (χ0) is 42.8. The third kappa shape index (κ3) is 6.33. The fourth-order valence-corrected chi connectivity index (χ4v) is 10.2. The number of para-hydroxylation sites is 1. The van der Waals surface area contributed by atoms with Gasteiger partial charge in [-0.05, 0) is 85.8 Å². The third-order valence-electron chi connectivity index (χ3n) is 13.4. The summed E-state index contributed by atoms with van der Waals surface area (Å²) in [6, 6.07) is 69.6. The summed E-state index contributed by atoms with van der Waals surface area (Å²) in [5, 5.41) is 2.37. The molecule has 0 saturated heterocycles. The van der Waals surface area contributed by atoms with Crippen molar-refractivity contribution >= 4 is 27.4 Å². The standard InChI is InChI=1S/C60H44N4/c1-60(2)53-28-11-9-26-49(53)51-34-35-52-50-27-10-12-29-54(50)64(56(52)55(51)60)59-62-57(42-18-7-4-8-19-42)61-58(63-59)48-25-15-24-47(38-48)46-23-14-22-45(37-46)41-32-30-40(31-33-41)44-21-13-20-43(36-44)39-16-5-3-6-17-39/h3-36,38,45H,37H2,1-2H3. The summed E-state index contributed by atoms with van der Waals surface area (Å²) in [5.74, 6) is 2.15. The van der Waals surface area contributed by atoms with E-state index in [0.717, 1.165) is 28.6 Å². The van der Waals surface area contributed by atoms with E-state index < -0.39 is 0 Å². The van der Waals surface area contributed by atoms with Crippen LogP contribution in [0.15, 0.2) is 212 Å². The Morgan fingerprint density at radius 3 is 1.88 bits per heavy atom. The summed E-state index contributed by atoms with van der Waals surface area (Å²) < 4.78 is 2.29. The van der Waals surface area contributed by atoms with Crippen molar-refractivity contribution in [3.05, 3.63) is 235 Å². The van der Waals surface area contributed by atoms with Crippen LogP contribution in [-0.4, -0.2) is 19.5 Å². The molecule has 0 fully saturated rings. The van der Waals surface area contributed by atoms with Crippen LogP contribution in [0.25, 0.3) is 89.5 Å². The lowest BCUT2D eigenvalue weighted by Crippen LogP contribution is -2.17. The van der Waals surface area contributed by atoms with Crippen molar-refractivity contribution in [2.24, 2.45) is 0 Å². The number of hydrogen-bond acceptors (Lipinski definition) is 3. The Balaban J connectivity index is 0.923. The van der Waals surface area contributed by atoms with Crippen LogP contribution in [0.2, 0.25) is 0 Å². The molecule has 64 heavy (non-hydrogen) atoms. The molecule has 10 aromatic rings. The summed E-state index contributed by atoms with van der Waals surface area (Å²) in [6.45, 7) is 4.69. The highest BCUT2D eigenvalue weighted by molar-refractivity contribution is 6.13. The van der Waals surface area contributed by atoms with E-state index in [9.17, 15) is 0 Å². The van der Waals surface area contributed by atoms with Gasteiger partial charge in [0.25, 0.3) is 0 Å². The van der Waals surface area contributed by atoms with Crippen molar-refractivity contribution in [2.45, 2.75) is 31.6 Å². The lowest BCUT2D eigenvalue weighted by atomic mass is 9.81. The molecular formula is C60H44N4. The highest BCUT2D eigenvalue weighted by atomic mass is 15.2. The van der Waals surface area contributed by atoms with Gasteiger partial charge in [-0.25, -0.2) is 4.98 Å². The van der Waals surface area contributed by atoms with Gasteiger partial charge in [-0.3, -0.25) is 4.57 Å². The van der Waals surface area contributed by atoms with E-state index in [-0.39, 0.29) is 11.3 Å². The van der Waals surface area contributed by atoms with Gasteiger partial charge in [-0.15, -0.1) is 0 Å². The monoisotopic (exact) mass is 820 g/mol. The van der Waals surface area contributed by atoms with Crippen molar-refractivity contribution in [1.82, 2.24) is 19.5 Å². The first-order chi connectivity index (χ1) is 31.5. The fraction of sp³-hybridized carbons (Fsp3) is 0.0833. The maximum Gasteiger partial charge on any atom is 0.238 e. The van der Waals surface area contributed by atoms with Gasteiger partial charge in [-0.2, -0.15) is 9.97 Å². The molecule has 2 aromatic heterocycles. The van der Waals surface area contributed by atoms with Gasteiger partial charge in [0.1, 0.15) is 0 Å². The van der Waals surface area contributed by atoms with Crippen LogP contribution in [0.3, 0.4) is 0 Å². The minimum absolute atomic E-state index is 0.236. The molecule has 0 bridgehead atoms. The van der Waals surface area contributed by atoms with Gasteiger partial charge >= 0.3 is 0 Å². The van der Waals surface area contributed by atoms with E-state index in [4.69, 9.17) is 15.0 Å². The molecule has 0 spiro atoms.